The number of esters is 1. The number of carbonyl (C=O) groups is 2. The molecule has 1 amide bonds. The molecule has 0 saturated carbocycles. The maximum Gasteiger partial charge on any atom is 0.328 e. The van der Waals surface area contributed by atoms with Gasteiger partial charge in [-0.25, -0.2) is 4.79 Å². The van der Waals surface area contributed by atoms with Crippen molar-refractivity contribution in [1.29, 1.82) is 0 Å². The average molecular weight is 368 g/mol. The number of H-pyrrole nitrogens is 1. The summed E-state index contributed by atoms with van der Waals surface area (Å²) in [6.07, 6.45) is 1.15. The number of halogens is 1. The number of methoxy groups -OCH3 is 1. The molecule has 2 aromatic rings. The van der Waals surface area contributed by atoms with E-state index in [9.17, 15) is 19.2 Å². The number of carbonyl (C=O) groups excluding carboxylic acids is 2. The minimum absolute atomic E-state index is 0.315. The van der Waals surface area contributed by atoms with Crippen molar-refractivity contribution in [3.63, 3.8) is 0 Å². The third-order valence-corrected chi connectivity index (χ3v) is 3.29. The molecule has 2 N–H and O–H groups in total. The van der Waals surface area contributed by atoms with E-state index < -0.39 is 36.3 Å². The number of ether oxygens (including phenoxy) is 2. The molecule has 0 aliphatic rings. The summed E-state index contributed by atoms with van der Waals surface area (Å²) in [4.78, 5) is 47.8. The van der Waals surface area contributed by atoms with Crippen molar-refractivity contribution in [1.82, 2.24) is 9.55 Å². The van der Waals surface area contributed by atoms with Gasteiger partial charge in [0.25, 0.3) is 11.5 Å². The number of hydrogen-bond donors (Lipinski definition) is 2. The van der Waals surface area contributed by atoms with E-state index in [1.165, 1.54) is 13.2 Å². The molecule has 1 aromatic carbocycles. The van der Waals surface area contributed by atoms with Gasteiger partial charge in [0.1, 0.15) is 12.3 Å². The zero-order chi connectivity index (χ0) is 18.4. The first kappa shape index (κ1) is 18.3. The Kier molecular flexibility index (Phi) is 5.96. The molecule has 0 atom stereocenters. The van der Waals surface area contributed by atoms with Crippen LogP contribution in [0.25, 0.3) is 0 Å². The lowest BCUT2D eigenvalue weighted by Gasteiger charge is -2.09. The normalized spacial score (nSPS) is 10.2. The molecule has 1 heterocycles. The third-order valence-electron chi connectivity index (χ3n) is 3.00. The molecular formula is C15H14ClN3O6. The summed E-state index contributed by atoms with van der Waals surface area (Å²) in [6, 6.07) is 5.73. The second-order valence-corrected chi connectivity index (χ2v) is 5.20. The molecule has 0 fully saturated rings. The highest BCUT2D eigenvalue weighted by Crippen LogP contribution is 2.27. The molecule has 25 heavy (non-hydrogen) atoms. The van der Waals surface area contributed by atoms with E-state index >= 15 is 0 Å². The Labute approximate surface area is 146 Å². The van der Waals surface area contributed by atoms with E-state index in [1.807, 2.05) is 4.98 Å². The van der Waals surface area contributed by atoms with Crippen LogP contribution in [0.1, 0.15) is 0 Å². The van der Waals surface area contributed by atoms with Crippen LogP contribution in [0, 0.1) is 0 Å². The number of anilines is 1. The van der Waals surface area contributed by atoms with Gasteiger partial charge in [0, 0.05) is 18.0 Å². The monoisotopic (exact) mass is 367 g/mol. The maximum atomic E-state index is 11.8. The van der Waals surface area contributed by atoms with Crippen LogP contribution in [0.4, 0.5) is 5.69 Å². The van der Waals surface area contributed by atoms with Crippen molar-refractivity contribution in [3.05, 3.63) is 56.3 Å². The summed E-state index contributed by atoms with van der Waals surface area (Å²) < 4.78 is 10.7. The largest absolute Gasteiger partial charge is 0.495 e. The second-order valence-electron chi connectivity index (χ2n) is 4.80. The fraction of sp³-hybridized carbons (Fsp3) is 0.200. The lowest BCUT2D eigenvalue weighted by atomic mass is 10.3. The van der Waals surface area contributed by atoms with Gasteiger partial charge in [-0.3, -0.25) is 23.9 Å². The summed E-state index contributed by atoms with van der Waals surface area (Å²) in [5.74, 6) is -0.933. The second kappa shape index (κ2) is 8.15. The van der Waals surface area contributed by atoms with Gasteiger partial charge in [0.15, 0.2) is 6.61 Å². The molecule has 9 nitrogen and oxygen atoms in total. The number of hydrogen-bond acceptors (Lipinski definition) is 6. The van der Waals surface area contributed by atoms with Gasteiger partial charge in [-0.1, -0.05) is 11.6 Å². The minimum Gasteiger partial charge on any atom is -0.495 e. The molecule has 0 aliphatic heterocycles. The lowest BCUT2D eigenvalue weighted by molar-refractivity contribution is -0.148. The molecule has 10 heteroatoms. The first-order chi connectivity index (χ1) is 11.9. The number of aromatic nitrogens is 2. The fourth-order valence-corrected chi connectivity index (χ4v) is 2.10. The third kappa shape index (κ3) is 5.21. The van der Waals surface area contributed by atoms with Crippen LogP contribution in [0.5, 0.6) is 5.75 Å². The molecule has 2 rings (SSSR count). The molecule has 0 saturated heterocycles. The van der Waals surface area contributed by atoms with Crippen molar-refractivity contribution in [2.24, 2.45) is 0 Å². The van der Waals surface area contributed by atoms with Crippen molar-refractivity contribution >= 4 is 29.2 Å². The molecule has 0 spiro atoms. The number of amides is 1. The highest BCUT2D eigenvalue weighted by atomic mass is 35.5. The summed E-state index contributed by atoms with van der Waals surface area (Å²) in [5.41, 5.74) is -0.919. The molecule has 1 aromatic heterocycles. The summed E-state index contributed by atoms with van der Waals surface area (Å²) in [6.45, 7) is -0.974. The Balaban J connectivity index is 1.87. The zero-order valence-electron chi connectivity index (χ0n) is 13.1. The Morgan fingerprint density at radius 3 is 2.68 bits per heavy atom. The van der Waals surface area contributed by atoms with Gasteiger partial charge in [0.2, 0.25) is 0 Å². The van der Waals surface area contributed by atoms with E-state index in [-0.39, 0.29) is 0 Å². The van der Waals surface area contributed by atoms with E-state index in [0.29, 0.717) is 16.5 Å². The first-order valence-electron chi connectivity index (χ1n) is 6.98. The Bertz CT molecular complexity index is 905. The molecule has 0 radical (unpaired) electrons. The van der Waals surface area contributed by atoms with Crippen LogP contribution >= 0.6 is 11.6 Å². The van der Waals surface area contributed by atoms with Crippen molar-refractivity contribution in [2.75, 3.05) is 19.0 Å². The standard InChI is InChI=1S/C15H14ClN3O6/c1-24-11-3-2-9(6-10(11)16)17-13(21)8-25-14(22)7-19-5-4-12(20)18-15(19)23/h2-6H,7-8H2,1H3,(H,17,21)(H,18,20,23). The SMILES string of the molecule is COc1ccc(NC(=O)COC(=O)Cn2ccc(=O)[nH]c2=O)cc1Cl. The number of rotatable bonds is 6. The molecular weight excluding hydrogens is 354 g/mol. The highest BCUT2D eigenvalue weighted by molar-refractivity contribution is 6.32. The lowest BCUT2D eigenvalue weighted by Crippen LogP contribution is -2.32. The van der Waals surface area contributed by atoms with Crippen LogP contribution in [-0.4, -0.2) is 35.1 Å². The Hall–Kier alpha value is -3.07. The highest BCUT2D eigenvalue weighted by Gasteiger charge is 2.10. The van der Waals surface area contributed by atoms with Crippen molar-refractivity contribution < 1.29 is 19.1 Å². The zero-order valence-corrected chi connectivity index (χ0v) is 13.8. The average Bonchev–Trinajstić information content (AvgIpc) is 2.56. The predicted octanol–water partition coefficient (Wildman–Crippen LogP) is 0.380. The number of nitrogens with zero attached hydrogens (tertiary/aromatic N) is 1. The molecule has 132 valence electrons. The molecule has 0 aliphatic carbocycles. The van der Waals surface area contributed by atoms with Crippen LogP contribution in [-0.2, 0) is 20.9 Å². The maximum absolute atomic E-state index is 11.8. The first-order valence-corrected chi connectivity index (χ1v) is 7.35. The Morgan fingerprint density at radius 1 is 1.28 bits per heavy atom. The van der Waals surface area contributed by atoms with Gasteiger partial charge in [0.05, 0.1) is 12.1 Å². The van der Waals surface area contributed by atoms with Crippen molar-refractivity contribution in [2.45, 2.75) is 6.54 Å². The summed E-state index contributed by atoms with van der Waals surface area (Å²) >= 11 is 5.94. The van der Waals surface area contributed by atoms with Crippen LogP contribution < -0.4 is 21.3 Å². The van der Waals surface area contributed by atoms with Crippen LogP contribution in [0.15, 0.2) is 40.1 Å². The fourth-order valence-electron chi connectivity index (χ4n) is 1.84. The van der Waals surface area contributed by atoms with Gasteiger partial charge < -0.3 is 14.8 Å². The number of nitrogens with one attached hydrogen (secondary N) is 2. The minimum atomic E-state index is -0.808. The van der Waals surface area contributed by atoms with Crippen LogP contribution in [0.2, 0.25) is 5.02 Å². The van der Waals surface area contributed by atoms with E-state index in [0.717, 1.165) is 16.8 Å². The molecule has 0 unspecified atom stereocenters. The van der Waals surface area contributed by atoms with Crippen molar-refractivity contribution in [3.8, 4) is 5.75 Å². The quantitative estimate of drug-likeness (QED) is 0.712. The topological polar surface area (TPSA) is 119 Å². The van der Waals surface area contributed by atoms with Gasteiger partial charge >= 0.3 is 11.7 Å². The summed E-state index contributed by atoms with van der Waals surface area (Å²) in [7, 11) is 1.46. The van der Waals surface area contributed by atoms with E-state index in [4.69, 9.17) is 21.1 Å². The van der Waals surface area contributed by atoms with Gasteiger partial charge in [-0.05, 0) is 18.2 Å². The number of benzene rings is 1. The Morgan fingerprint density at radius 2 is 2.04 bits per heavy atom. The summed E-state index contributed by atoms with van der Waals surface area (Å²) in [5, 5.41) is 2.81. The molecule has 0 bridgehead atoms. The predicted molar refractivity (Wildman–Crippen MR) is 88.9 cm³/mol. The number of aromatic amines is 1. The van der Waals surface area contributed by atoms with Crippen LogP contribution in [0.3, 0.4) is 0 Å². The van der Waals surface area contributed by atoms with Gasteiger partial charge in [-0.15, -0.1) is 0 Å². The van der Waals surface area contributed by atoms with Gasteiger partial charge in [-0.2, -0.15) is 0 Å². The van der Waals surface area contributed by atoms with E-state index in [2.05, 4.69) is 5.32 Å². The smallest absolute Gasteiger partial charge is 0.328 e. The van der Waals surface area contributed by atoms with E-state index in [1.54, 1.807) is 12.1 Å².